The van der Waals surface area contributed by atoms with E-state index in [1.54, 1.807) is 0 Å². The molecule has 4 heteroatoms. The van der Waals surface area contributed by atoms with Crippen molar-refractivity contribution in [2.75, 3.05) is 13.2 Å². The van der Waals surface area contributed by atoms with Gasteiger partial charge in [-0.2, -0.15) is 0 Å². The zero-order valence-corrected chi connectivity index (χ0v) is 11.1. The zero-order valence-electron chi connectivity index (χ0n) is 11.1. The van der Waals surface area contributed by atoms with E-state index >= 15 is 0 Å². The molecule has 0 saturated heterocycles. The van der Waals surface area contributed by atoms with Crippen LogP contribution in [0.5, 0.6) is 0 Å². The summed E-state index contributed by atoms with van der Waals surface area (Å²) < 4.78 is 13.4. The number of nitrogens with one attached hydrogen (secondary N) is 1. The van der Waals surface area contributed by atoms with Gasteiger partial charge in [0.2, 0.25) is 0 Å². The van der Waals surface area contributed by atoms with Gasteiger partial charge in [-0.3, -0.25) is 4.90 Å². The minimum Gasteiger partial charge on any atom is -0.393 e. The second kappa shape index (κ2) is 4.94. The number of halogens is 1. The van der Waals surface area contributed by atoms with E-state index < -0.39 is 12.8 Å². The number of aromatic amines is 1. The third-order valence-electron chi connectivity index (χ3n) is 4.02. The number of fused-ring (bicyclic) bond motifs is 3. The van der Waals surface area contributed by atoms with E-state index in [4.69, 9.17) is 5.11 Å². The molecule has 3 nitrogen and oxygen atoms in total. The third-order valence-corrected chi connectivity index (χ3v) is 4.02. The molecule has 2 aromatic rings. The molecule has 1 aliphatic rings. The van der Waals surface area contributed by atoms with E-state index in [1.807, 2.05) is 6.07 Å². The molecule has 2 atom stereocenters. The number of para-hydroxylation sites is 1. The fourth-order valence-corrected chi connectivity index (χ4v) is 2.96. The van der Waals surface area contributed by atoms with Crippen molar-refractivity contribution in [1.82, 2.24) is 9.88 Å². The van der Waals surface area contributed by atoms with Crippen molar-refractivity contribution in [2.24, 2.45) is 0 Å². The minimum absolute atomic E-state index is 0.298. The Morgan fingerprint density at radius 3 is 3.05 bits per heavy atom. The van der Waals surface area contributed by atoms with Gasteiger partial charge >= 0.3 is 0 Å². The fraction of sp³-hybridized carbons (Fsp3) is 0.467. The number of aliphatic hydroxyl groups is 1. The first-order chi connectivity index (χ1) is 9.19. The van der Waals surface area contributed by atoms with Crippen LogP contribution in [0.15, 0.2) is 24.3 Å². The predicted molar refractivity (Wildman–Crippen MR) is 73.9 cm³/mol. The Morgan fingerprint density at radius 2 is 2.26 bits per heavy atom. The molecule has 1 aromatic carbocycles. The lowest BCUT2D eigenvalue weighted by Crippen LogP contribution is -2.42. The third kappa shape index (κ3) is 2.26. The maximum absolute atomic E-state index is 13.4. The average molecular weight is 262 g/mol. The van der Waals surface area contributed by atoms with Crippen LogP contribution in [0.25, 0.3) is 10.9 Å². The highest BCUT2D eigenvalue weighted by molar-refractivity contribution is 5.84. The summed E-state index contributed by atoms with van der Waals surface area (Å²) in [5, 5.41) is 10.1. The van der Waals surface area contributed by atoms with Gasteiger partial charge in [0.25, 0.3) is 0 Å². The van der Waals surface area contributed by atoms with Gasteiger partial charge in [-0.1, -0.05) is 18.2 Å². The Morgan fingerprint density at radius 1 is 1.47 bits per heavy atom. The van der Waals surface area contributed by atoms with Crippen molar-refractivity contribution in [3.05, 3.63) is 35.5 Å². The van der Waals surface area contributed by atoms with Crippen LogP contribution in [0.3, 0.4) is 0 Å². The Labute approximate surface area is 112 Å². The SMILES string of the molecule is CC1Cc2c([nH]c3ccccc23)CN1CC(F)CO. The van der Waals surface area contributed by atoms with Gasteiger partial charge in [0, 0.05) is 35.7 Å². The standard InChI is InChI=1S/C15H19FN2O/c1-10-6-13-12-4-2-3-5-14(12)17-15(13)8-18(10)7-11(16)9-19/h2-5,10-11,17,19H,6-9H2,1H3. The minimum atomic E-state index is -1.16. The van der Waals surface area contributed by atoms with Crippen LogP contribution in [-0.4, -0.2) is 40.4 Å². The van der Waals surface area contributed by atoms with Crippen LogP contribution < -0.4 is 0 Å². The fourth-order valence-electron chi connectivity index (χ4n) is 2.96. The van der Waals surface area contributed by atoms with Crippen LogP contribution in [0, 0.1) is 0 Å². The monoisotopic (exact) mass is 262 g/mol. The van der Waals surface area contributed by atoms with Crippen molar-refractivity contribution in [1.29, 1.82) is 0 Å². The molecular formula is C15H19FN2O. The number of hydrogen-bond donors (Lipinski definition) is 2. The summed E-state index contributed by atoms with van der Waals surface area (Å²) in [4.78, 5) is 5.53. The first kappa shape index (κ1) is 12.6. The van der Waals surface area contributed by atoms with Crippen LogP contribution in [0.2, 0.25) is 0 Å². The second-order valence-electron chi connectivity index (χ2n) is 5.39. The average Bonchev–Trinajstić information content (AvgIpc) is 2.77. The van der Waals surface area contributed by atoms with Gasteiger partial charge in [-0.15, -0.1) is 0 Å². The molecule has 2 unspecified atom stereocenters. The molecule has 0 fully saturated rings. The number of aromatic nitrogens is 1. The largest absolute Gasteiger partial charge is 0.393 e. The van der Waals surface area contributed by atoms with Crippen LogP contribution in [0.4, 0.5) is 4.39 Å². The molecule has 0 amide bonds. The van der Waals surface area contributed by atoms with E-state index in [0.29, 0.717) is 12.6 Å². The highest BCUT2D eigenvalue weighted by Crippen LogP contribution is 2.30. The maximum atomic E-state index is 13.4. The van der Waals surface area contributed by atoms with Crippen LogP contribution >= 0.6 is 0 Å². The number of aliphatic hydroxyl groups excluding tert-OH is 1. The molecule has 19 heavy (non-hydrogen) atoms. The highest BCUT2D eigenvalue weighted by atomic mass is 19.1. The summed E-state index contributed by atoms with van der Waals surface area (Å²) in [5.41, 5.74) is 3.70. The molecule has 0 aliphatic carbocycles. The smallest absolute Gasteiger partial charge is 0.136 e. The number of nitrogens with zero attached hydrogens (tertiary/aromatic N) is 1. The zero-order chi connectivity index (χ0) is 13.4. The summed E-state index contributed by atoms with van der Waals surface area (Å²) in [5.74, 6) is 0. The molecular weight excluding hydrogens is 243 g/mol. The Balaban J connectivity index is 1.90. The summed E-state index contributed by atoms with van der Waals surface area (Å²) >= 11 is 0. The maximum Gasteiger partial charge on any atom is 0.136 e. The molecule has 1 aromatic heterocycles. The number of H-pyrrole nitrogens is 1. The molecule has 102 valence electrons. The van der Waals surface area contributed by atoms with E-state index in [0.717, 1.165) is 18.5 Å². The molecule has 0 radical (unpaired) electrons. The number of rotatable bonds is 3. The lowest BCUT2D eigenvalue weighted by Gasteiger charge is -2.34. The van der Waals surface area contributed by atoms with Gasteiger partial charge in [0.15, 0.2) is 0 Å². The summed E-state index contributed by atoms with van der Waals surface area (Å²) in [6.45, 7) is 2.75. The van der Waals surface area contributed by atoms with Crippen molar-refractivity contribution in [2.45, 2.75) is 32.1 Å². The molecule has 2 N–H and O–H groups in total. The van der Waals surface area contributed by atoms with Crippen molar-refractivity contribution in [3.63, 3.8) is 0 Å². The molecule has 3 rings (SSSR count). The first-order valence-corrected chi connectivity index (χ1v) is 6.76. The lowest BCUT2D eigenvalue weighted by atomic mass is 9.97. The molecule has 0 bridgehead atoms. The van der Waals surface area contributed by atoms with Crippen molar-refractivity contribution >= 4 is 10.9 Å². The van der Waals surface area contributed by atoms with Crippen LogP contribution in [-0.2, 0) is 13.0 Å². The summed E-state index contributed by atoms with van der Waals surface area (Å²) in [6.07, 6.45) is -0.231. The second-order valence-corrected chi connectivity index (χ2v) is 5.39. The summed E-state index contributed by atoms with van der Waals surface area (Å²) in [6, 6.07) is 8.59. The van der Waals surface area contributed by atoms with Gasteiger partial charge < -0.3 is 10.1 Å². The predicted octanol–water partition coefficient (Wildman–Crippen LogP) is 2.24. The lowest BCUT2D eigenvalue weighted by molar-refractivity contribution is 0.0940. The van der Waals surface area contributed by atoms with E-state index in [2.05, 4.69) is 35.0 Å². The highest BCUT2D eigenvalue weighted by Gasteiger charge is 2.27. The molecule has 1 aliphatic heterocycles. The Kier molecular flexibility index (Phi) is 3.29. The van der Waals surface area contributed by atoms with E-state index in [9.17, 15) is 4.39 Å². The first-order valence-electron chi connectivity index (χ1n) is 6.76. The number of hydrogen-bond acceptors (Lipinski definition) is 2. The molecule has 0 saturated carbocycles. The normalized spacial score (nSPS) is 21.5. The van der Waals surface area contributed by atoms with E-state index in [-0.39, 0.29) is 0 Å². The Hall–Kier alpha value is -1.39. The Bertz CT molecular complexity index is 581. The van der Waals surface area contributed by atoms with Gasteiger partial charge in [0.1, 0.15) is 6.17 Å². The topological polar surface area (TPSA) is 39.3 Å². The number of benzene rings is 1. The van der Waals surface area contributed by atoms with Gasteiger partial charge in [-0.05, 0) is 25.0 Å². The quantitative estimate of drug-likeness (QED) is 0.890. The molecule has 2 heterocycles. The molecule has 0 spiro atoms. The van der Waals surface area contributed by atoms with Crippen molar-refractivity contribution < 1.29 is 9.50 Å². The van der Waals surface area contributed by atoms with Gasteiger partial charge in [0.05, 0.1) is 6.61 Å². The van der Waals surface area contributed by atoms with E-state index in [1.165, 1.54) is 16.6 Å². The van der Waals surface area contributed by atoms with Crippen LogP contribution in [0.1, 0.15) is 18.2 Å². The number of alkyl halides is 1. The van der Waals surface area contributed by atoms with Gasteiger partial charge in [-0.25, -0.2) is 4.39 Å². The summed E-state index contributed by atoms with van der Waals surface area (Å²) in [7, 11) is 0. The van der Waals surface area contributed by atoms with Crippen molar-refractivity contribution in [3.8, 4) is 0 Å².